The number of thioether (sulfide) groups is 1. The van der Waals surface area contributed by atoms with Gasteiger partial charge in [-0.15, -0.1) is 0 Å². The van der Waals surface area contributed by atoms with Crippen molar-refractivity contribution in [1.82, 2.24) is 15.4 Å². The molecule has 7 nitrogen and oxygen atoms in total. The average molecular weight is 329 g/mol. The fourth-order valence-corrected chi connectivity index (χ4v) is 3.44. The van der Waals surface area contributed by atoms with Gasteiger partial charge in [0.2, 0.25) is 0 Å². The van der Waals surface area contributed by atoms with E-state index >= 15 is 0 Å². The normalized spacial score (nSPS) is 21.7. The van der Waals surface area contributed by atoms with Crippen molar-refractivity contribution in [2.24, 2.45) is 5.92 Å². The first-order valence-electron chi connectivity index (χ1n) is 7.22. The van der Waals surface area contributed by atoms with E-state index in [1.165, 1.54) is 11.8 Å². The molecule has 118 valence electrons. The van der Waals surface area contributed by atoms with E-state index in [2.05, 4.69) is 20.8 Å². The summed E-state index contributed by atoms with van der Waals surface area (Å²) in [7, 11) is 0. The second-order valence-corrected chi connectivity index (χ2v) is 6.21. The lowest BCUT2D eigenvalue weighted by Gasteiger charge is -2.35. The van der Waals surface area contributed by atoms with Crippen LogP contribution in [-0.2, 0) is 4.79 Å². The van der Waals surface area contributed by atoms with Gasteiger partial charge in [0.05, 0.1) is 17.5 Å². The number of benzene rings is 1. The Morgan fingerprint density at radius 3 is 2.83 bits per heavy atom. The number of carbonyl (C=O) groups is 1. The summed E-state index contributed by atoms with van der Waals surface area (Å²) in [5, 5.41) is 10.3. The van der Waals surface area contributed by atoms with E-state index in [4.69, 9.17) is 0 Å². The monoisotopic (exact) mass is 329 g/mol. The van der Waals surface area contributed by atoms with Crippen LogP contribution in [0.5, 0.6) is 0 Å². The van der Waals surface area contributed by atoms with E-state index in [9.17, 15) is 9.90 Å². The summed E-state index contributed by atoms with van der Waals surface area (Å²) in [5.74, 6) is 0.0136. The van der Waals surface area contributed by atoms with Gasteiger partial charge >= 0.3 is 5.97 Å². The molecule has 23 heavy (non-hydrogen) atoms. The summed E-state index contributed by atoms with van der Waals surface area (Å²) >= 11 is 1.46. The van der Waals surface area contributed by atoms with Crippen LogP contribution in [0.1, 0.15) is 11.6 Å². The van der Waals surface area contributed by atoms with Crippen LogP contribution in [0.25, 0.3) is 0 Å². The van der Waals surface area contributed by atoms with Crippen molar-refractivity contribution in [2.45, 2.75) is 11.2 Å². The number of para-hydroxylation sites is 1. The highest BCUT2D eigenvalue weighted by molar-refractivity contribution is 7.98. The third kappa shape index (κ3) is 2.22. The van der Waals surface area contributed by atoms with Gasteiger partial charge in [0, 0.05) is 12.2 Å². The number of hydrogen-bond acceptors (Lipinski definition) is 7. The van der Waals surface area contributed by atoms with Crippen molar-refractivity contribution in [3.8, 4) is 0 Å². The minimum absolute atomic E-state index is 0.326. The van der Waals surface area contributed by atoms with E-state index in [1.807, 2.05) is 41.5 Å². The Labute approximate surface area is 137 Å². The van der Waals surface area contributed by atoms with Crippen LogP contribution in [0.4, 0.5) is 17.3 Å². The van der Waals surface area contributed by atoms with E-state index in [0.29, 0.717) is 17.5 Å². The molecule has 0 fully saturated rings. The Balaban J connectivity index is 1.91. The fourth-order valence-electron chi connectivity index (χ4n) is 3.08. The van der Waals surface area contributed by atoms with Crippen LogP contribution in [0.15, 0.2) is 35.5 Å². The van der Waals surface area contributed by atoms with Gasteiger partial charge in [-0.1, -0.05) is 30.0 Å². The summed E-state index contributed by atoms with van der Waals surface area (Å²) in [6, 6.07) is 9.40. The standard InChI is InChI=1S/C15H15N5O2S/c1-23-15-16-12-10-11(18-19-12)9(14(21)22)7-20(13(10)17-15)8-5-3-2-4-6-8/h2-6,9,11,18H,7H2,1H3,(H,21,22)(H,16,17,19). The highest BCUT2D eigenvalue weighted by atomic mass is 32.2. The molecular weight excluding hydrogens is 314 g/mol. The maximum Gasteiger partial charge on any atom is 0.310 e. The van der Waals surface area contributed by atoms with Crippen molar-refractivity contribution >= 4 is 35.1 Å². The largest absolute Gasteiger partial charge is 0.481 e. The Bertz CT molecular complexity index is 770. The van der Waals surface area contributed by atoms with Gasteiger partial charge in [0.25, 0.3) is 0 Å². The van der Waals surface area contributed by atoms with Gasteiger partial charge in [-0.3, -0.25) is 4.79 Å². The number of nitrogens with zero attached hydrogens (tertiary/aromatic N) is 3. The molecule has 1 aromatic carbocycles. The molecule has 0 saturated heterocycles. The number of aliphatic carboxylic acids is 1. The lowest BCUT2D eigenvalue weighted by atomic mass is 9.90. The molecule has 0 radical (unpaired) electrons. The van der Waals surface area contributed by atoms with Gasteiger partial charge < -0.3 is 15.4 Å². The van der Waals surface area contributed by atoms with Crippen molar-refractivity contribution in [3.05, 3.63) is 35.9 Å². The molecule has 2 aliphatic rings. The number of carboxylic acids is 1. The van der Waals surface area contributed by atoms with Crippen molar-refractivity contribution < 1.29 is 9.90 Å². The smallest absolute Gasteiger partial charge is 0.310 e. The fraction of sp³-hybridized carbons (Fsp3) is 0.267. The first-order valence-corrected chi connectivity index (χ1v) is 8.44. The highest BCUT2D eigenvalue weighted by Crippen LogP contribution is 2.45. The molecule has 2 atom stereocenters. The van der Waals surface area contributed by atoms with E-state index in [0.717, 1.165) is 17.1 Å². The van der Waals surface area contributed by atoms with Crippen LogP contribution in [-0.4, -0.2) is 33.8 Å². The first-order chi connectivity index (χ1) is 11.2. The molecule has 0 saturated carbocycles. The quantitative estimate of drug-likeness (QED) is 0.582. The Morgan fingerprint density at radius 1 is 1.35 bits per heavy atom. The summed E-state index contributed by atoms with van der Waals surface area (Å²) in [6.07, 6.45) is 1.92. The lowest BCUT2D eigenvalue weighted by Crippen LogP contribution is -2.42. The molecule has 4 rings (SSSR count). The van der Waals surface area contributed by atoms with Crippen LogP contribution >= 0.6 is 11.8 Å². The molecule has 3 N–H and O–H groups in total. The SMILES string of the molecule is CSc1nc2c3c(n1)N(c1ccccc1)CC(C(=O)O)C3NN2. The molecule has 3 heterocycles. The first kappa shape index (κ1) is 14.3. The molecule has 2 unspecified atom stereocenters. The van der Waals surface area contributed by atoms with Crippen LogP contribution in [0.2, 0.25) is 0 Å². The molecular formula is C15H15N5O2S. The average Bonchev–Trinajstić information content (AvgIpc) is 3.00. The number of hydrogen-bond donors (Lipinski definition) is 3. The molecule has 0 amide bonds. The topological polar surface area (TPSA) is 90.4 Å². The third-order valence-electron chi connectivity index (χ3n) is 4.17. The van der Waals surface area contributed by atoms with E-state index in [1.54, 1.807) is 0 Å². The number of anilines is 3. The van der Waals surface area contributed by atoms with Gasteiger partial charge in [-0.2, -0.15) is 0 Å². The second kappa shape index (κ2) is 5.39. The second-order valence-electron chi connectivity index (χ2n) is 5.43. The Hall–Kier alpha value is -2.32. The zero-order chi connectivity index (χ0) is 16.0. The van der Waals surface area contributed by atoms with Crippen molar-refractivity contribution in [1.29, 1.82) is 0 Å². The molecule has 8 heteroatoms. The lowest BCUT2D eigenvalue weighted by molar-refractivity contribution is -0.142. The maximum absolute atomic E-state index is 11.7. The molecule has 2 aromatic rings. The predicted octanol–water partition coefficient (Wildman–Crippen LogP) is 2.02. The van der Waals surface area contributed by atoms with Gasteiger partial charge in [-0.05, 0) is 18.4 Å². The number of rotatable bonds is 3. The van der Waals surface area contributed by atoms with E-state index < -0.39 is 11.9 Å². The van der Waals surface area contributed by atoms with Crippen molar-refractivity contribution in [3.63, 3.8) is 0 Å². The maximum atomic E-state index is 11.7. The predicted molar refractivity (Wildman–Crippen MR) is 87.9 cm³/mol. The molecule has 0 aliphatic carbocycles. The summed E-state index contributed by atoms with van der Waals surface area (Å²) < 4.78 is 0. The Kier molecular flexibility index (Phi) is 3.35. The van der Waals surface area contributed by atoms with E-state index in [-0.39, 0.29) is 6.04 Å². The number of hydrazine groups is 1. The third-order valence-corrected chi connectivity index (χ3v) is 4.71. The van der Waals surface area contributed by atoms with Gasteiger partial charge in [-0.25, -0.2) is 15.4 Å². The summed E-state index contributed by atoms with van der Waals surface area (Å²) in [4.78, 5) is 22.8. The Morgan fingerprint density at radius 2 is 2.13 bits per heavy atom. The summed E-state index contributed by atoms with van der Waals surface area (Å²) in [6.45, 7) is 0.357. The molecule has 0 spiro atoms. The zero-order valence-corrected chi connectivity index (χ0v) is 13.2. The zero-order valence-electron chi connectivity index (χ0n) is 12.4. The molecule has 2 aliphatic heterocycles. The molecule has 1 aromatic heterocycles. The summed E-state index contributed by atoms with van der Waals surface area (Å²) in [5.41, 5.74) is 7.81. The highest BCUT2D eigenvalue weighted by Gasteiger charge is 2.44. The number of nitrogens with one attached hydrogen (secondary N) is 2. The molecule has 0 bridgehead atoms. The minimum atomic E-state index is -0.835. The van der Waals surface area contributed by atoms with Crippen LogP contribution in [0.3, 0.4) is 0 Å². The number of aromatic nitrogens is 2. The number of carboxylic acid groups (broad SMARTS) is 1. The minimum Gasteiger partial charge on any atom is -0.481 e. The van der Waals surface area contributed by atoms with Crippen molar-refractivity contribution in [2.75, 3.05) is 23.1 Å². The van der Waals surface area contributed by atoms with Gasteiger partial charge in [0.1, 0.15) is 5.82 Å². The van der Waals surface area contributed by atoms with Gasteiger partial charge in [0.15, 0.2) is 11.0 Å². The van der Waals surface area contributed by atoms with Crippen LogP contribution < -0.4 is 15.8 Å². The van der Waals surface area contributed by atoms with Crippen LogP contribution in [0, 0.1) is 5.92 Å².